The van der Waals surface area contributed by atoms with Crippen LogP contribution in [0.4, 0.5) is 5.69 Å². The lowest BCUT2D eigenvalue weighted by Gasteiger charge is -2.23. The van der Waals surface area contributed by atoms with Crippen LogP contribution < -0.4 is 5.32 Å². The van der Waals surface area contributed by atoms with Crippen molar-refractivity contribution in [1.29, 1.82) is 0 Å². The van der Waals surface area contributed by atoms with E-state index in [2.05, 4.69) is 24.1 Å². The van der Waals surface area contributed by atoms with Crippen LogP contribution >= 0.6 is 0 Å². The van der Waals surface area contributed by atoms with E-state index in [-0.39, 0.29) is 5.91 Å². The van der Waals surface area contributed by atoms with E-state index in [0.717, 1.165) is 50.2 Å². The van der Waals surface area contributed by atoms with Crippen LogP contribution in [-0.4, -0.2) is 35.9 Å². The summed E-state index contributed by atoms with van der Waals surface area (Å²) in [7, 11) is 1.84. The fourth-order valence-electron chi connectivity index (χ4n) is 2.12. The molecule has 0 atom stereocenters. The van der Waals surface area contributed by atoms with Crippen molar-refractivity contribution >= 4 is 11.6 Å². The molecule has 0 saturated carbocycles. The smallest absolute Gasteiger partial charge is 0.257 e. The highest BCUT2D eigenvalue weighted by molar-refractivity contribution is 5.99. The second-order valence-corrected chi connectivity index (χ2v) is 5.12. The zero-order chi connectivity index (χ0) is 15.0. The highest BCUT2D eigenvalue weighted by Gasteiger charge is 2.18. The predicted molar refractivity (Wildman–Crippen MR) is 84.2 cm³/mol. The summed E-state index contributed by atoms with van der Waals surface area (Å²) in [5.41, 5.74) is 2.45. The first kappa shape index (κ1) is 16.5. The van der Waals surface area contributed by atoms with Crippen LogP contribution in [0.1, 0.15) is 55.6 Å². The summed E-state index contributed by atoms with van der Waals surface area (Å²) in [6.07, 6.45) is 5.98. The summed E-state index contributed by atoms with van der Waals surface area (Å²) in [5, 5.41) is 3.10. The molecule has 20 heavy (non-hydrogen) atoms. The zero-order valence-electron chi connectivity index (χ0n) is 13.2. The third-order valence-electron chi connectivity index (χ3n) is 3.39. The molecule has 1 heterocycles. The minimum absolute atomic E-state index is 0.0868. The van der Waals surface area contributed by atoms with Gasteiger partial charge < -0.3 is 10.2 Å². The summed E-state index contributed by atoms with van der Waals surface area (Å²) < 4.78 is 0. The van der Waals surface area contributed by atoms with Gasteiger partial charge in [0.25, 0.3) is 5.91 Å². The van der Waals surface area contributed by atoms with Crippen molar-refractivity contribution in [2.24, 2.45) is 0 Å². The highest BCUT2D eigenvalue weighted by Crippen LogP contribution is 2.18. The second kappa shape index (κ2) is 8.56. The largest absolute Gasteiger partial charge is 0.387 e. The van der Waals surface area contributed by atoms with Gasteiger partial charge in [-0.1, -0.05) is 26.7 Å². The average molecular weight is 277 g/mol. The second-order valence-electron chi connectivity index (χ2n) is 5.12. The number of hydrogen-bond acceptors (Lipinski definition) is 3. The Labute approximate surface area is 122 Å². The maximum Gasteiger partial charge on any atom is 0.257 e. The first-order valence-corrected chi connectivity index (χ1v) is 7.57. The number of hydrogen-bond donors (Lipinski definition) is 1. The van der Waals surface area contributed by atoms with Crippen LogP contribution in [-0.2, 0) is 0 Å². The van der Waals surface area contributed by atoms with Crippen molar-refractivity contribution in [2.75, 3.05) is 25.5 Å². The van der Waals surface area contributed by atoms with E-state index in [0.29, 0.717) is 5.56 Å². The topological polar surface area (TPSA) is 45.2 Å². The SMILES string of the molecule is CCCCN(CCCC)C(=O)c1cnc(C)cc1NC. The van der Waals surface area contributed by atoms with Crippen LogP contribution in [0.5, 0.6) is 0 Å². The van der Waals surface area contributed by atoms with Crippen molar-refractivity contribution < 1.29 is 4.79 Å². The maximum absolute atomic E-state index is 12.7. The molecule has 0 fully saturated rings. The van der Waals surface area contributed by atoms with Gasteiger partial charge in [0.1, 0.15) is 0 Å². The van der Waals surface area contributed by atoms with Crippen LogP contribution in [0.15, 0.2) is 12.3 Å². The molecular weight excluding hydrogens is 250 g/mol. The minimum Gasteiger partial charge on any atom is -0.387 e. The van der Waals surface area contributed by atoms with Gasteiger partial charge in [0, 0.05) is 32.0 Å². The molecule has 1 rings (SSSR count). The summed E-state index contributed by atoms with van der Waals surface area (Å²) in [5.74, 6) is 0.0868. The molecule has 0 aromatic carbocycles. The van der Waals surface area contributed by atoms with Crippen molar-refractivity contribution in [3.63, 3.8) is 0 Å². The van der Waals surface area contributed by atoms with E-state index < -0.39 is 0 Å². The molecule has 4 heteroatoms. The number of pyridine rings is 1. The number of anilines is 1. The lowest BCUT2D eigenvalue weighted by Crippen LogP contribution is -2.33. The number of unbranched alkanes of at least 4 members (excludes halogenated alkanes) is 2. The van der Waals surface area contributed by atoms with Crippen molar-refractivity contribution in [2.45, 2.75) is 46.5 Å². The van der Waals surface area contributed by atoms with Crippen molar-refractivity contribution in [1.82, 2.24) is 9.88 Å². The molecule has 4 nitrogen and oxygen atoms in total. The lowest BCUT2D eigenvalue weighted by molar-refractivity contribution is 0.0751. The molecule has 0 aliphatic carbocycles. The summed E-state index contributed by atoms with van der Waals surface area (Å²) in [6.45, 7) is 7.88. The Bertz CT molecular complexity index is 424. The fraction of sp³-hybridized carbons (Fsp3) is 0.625. The van der Waals surface area contributed by atoms with Gasteiger partial charge in [0.05, 0.1) is 11.3 Å². The number of rotatable bonds is 8. The third-order valence-corrected chi connectivity index (χ3v) is 3.39. The molecule has 112 valence electrons. The van der Waals surface area contributed by atoms with Gasteiger partial charge in [-0.05, 0) is 25.8 Å². The Morgan fingerprint density at radius 3 is 2.35 bits per heavy atom. The van der Waals surface area contributed by atoms with Gasteiger partial charge in [-0.2, -0.15) is 0 Å². The zero-order valence-corrected chi connectivity index (χ0v) is 13.2. The molecule has 0 saturated heterocycles. The standard InChI is InChI=1S/C16H27N3O/c1-5-7-9-19(10-8-6-2)16(20)14-12-18-13(3)11-15(14)17-4/h11-12H,5-10H2,1-4H3,(H,17,18). The van der Waals surface area contributed by atoms with E-state index in [1.54, 1.807) is 6.20 Å². The first-order chi connectivity index (χ1) is 9.63. The maximum atomic E-state index is 12.7. The van der Waals surface area contributed by atoms with Crippen molar-refractivity contribution in [3.05, 3.63) is 23.5 Å². The molecule has 0 bridgehead atoms. The molecule has 0 radical (unpaired) electrons. The van der Waals surface area contributed by atoms with E-state index in [4.69, 9.17) is 0 Å². The van der Waals surface area contributed by atoms with Crippen LogP contribution in [0.25, 0.3) is 0 Å². The molecule has 1 N–H and O–H groups in total. The molecule has 0 unspecified atom stereocenters. The third kappa shape index (κ3) is 4.51. The van der Waals surface area contributed by atoms with Gasteiger partial charge >= 0.3 is 0 Å². The molecule has 0 aliphatic rings. The molecule has 0 aliphatic heterocycles. The molecule has 1 aromatic heterocycles. The number of aromatic nitrogens is 1. The van der Waals surface area contributed by atoms with Gasteiger partial charge in [-0.3, -0.25) is 9.78 Å². The Hall–Kier alpha value is -1.58. The van der Waals surface area contributed by atoms with Gasteiger partial charge in [-0.25, -0.2) is 0 Å². The Balaban J connectivity index is 2.92. The van der Waals surface area contributed by atoms with E-state index in [1.165, 1.54) is 0 Å². The number of nitrogens with one attached hydrogen (secondary N) is 1. The number of nitrogens with zero attached hydrogens (tertiary/aromatic N) is 2. The van der Waals surface area contributed by atoms with Crippen LogP contribution in [0.2, 0.25) is 0 Å². The Morgan fingerprint density at radius 1 is 1.25 bits per heavy atom. The monoisotopic (exact) mass is 277 g/mol. The lowest BCUT2D eigenvalue weighted by atomic mass is 10.1. The average Bonchev–Trinajstić information content (AvgIpc) is 2.46. The van der Waals surface area contributed by atoms with E-state index in [1.807, 2.05) is 24.9 Å². The summed E-state index contributed by atoms with van der Waals surface area (Å²) in [6, 6.07) is 1.92. The predicted octanol–water partition coefficient (Wildman–Crippen LogP) is 3.47. The molecule has 1 amide bonds. The highest BCUT2D eigenvalue weighted by atomic mass is 16.2. The summed E-state index contributed by atoms with van der Waals surface area (Å²) >= 11 is 0. The first-order valence-electron chi connectivity index (χ1n) is 7.57. The number of carbonyl (C=O) groups is 1. The van der Waals surface area contributed by atoms with Gasteiger partial charge in [-0.15, -0.1) is 0 Å². The number of aryl methyl sites for hydroxylation is 1. The Morgan fingerprint density at radius 2 is 1.85 bits per heavy atom. The summed E-state index contributed by atoms with van der Waals surface area (Å²) in [4.78, 5) is 18.9. The Kier molecular flexibility index (Phi) is 7.05. The van der Waals surface area contributed by atoms with Crippen LogP contribution in [0, 0.1) is 6.92 Å². The normalized spacial score (nSPS) is 10.4. The van der Waals surface area contributed by atoms with Crippen LogP contribution in [0.3, 0.4) is 0 Å². The van der Waals surface area contributed by atoms with Gasteiger partial charge in [0.2, 0.25) is 0 Å². The number of amides is 1. The molecule has 1 aromatic rings. The quantitative estimate of drug-likeness (QED) is 0.791. The number of carbonyl (C=O) groups excluding carboxylic acids is 1. The van der Waals surface area contributed by atoms with Crippen molar-refractivity contribution in [3.8, 4) is 0 Å². The molecule has 0 spiro atoms. The van der Waals surface area contributed by atoms with Gasteiger partial charge in [0.15, 0.2) is 0 Å². The molecular formula is C16H27N3O. The van der Waals surface area contributed by atoms with E-state index in [9.17, 15) is 4.79 Å². The minimum atomic E-state index is 0.0868. The van der Waals surface area contributed by atoms with E-state index >= 15 is 0 Å². The fourth-order valence-corrected chi connectivity index (χ4v) is 2.12.